The van der Waals surface area contributed by atoms with Crippen molar-refractivity contribution in [3.05, 3.63) is 28.3 Å². The van der Waals surface area contributed by atoms with Crippen molar-refractivity contribution in [1.82, 2.24) is 5.32 Å². The van der Waals surface area contributed by atoms with Crippen LogP contribution in [-0.4, -0.2) is 38.3 Å². The summed E-state index contributed by atoms with van der Waals surface area (Å²) in [6.07, 6.45) is 2.25. The maximum absolute atomic E-state index is 11.5. The van der Waals surface area contributed by atoms with E-state index in [9.17, 15) is 4.79 Å². The molecule has 0 amide bonds. The first-order valence-electron chi connectivity index (χ1n) is 7.69. The van der Waals surface area contributed by atoms with Crippen LogP contribution in [0.25, 0.3) is 0 Å². The molecule has 3 N–H and O–H groups in total. The number of carbonyl (C=O) groups is 1. The van der Waals surface area contributed by atoms with Crippen LogP contribution in [0.15, 0.2) is 12.1 Å². The Bertz CT molecular complexity index is 522. The molecule has 1 aromatic rings. The zero-order chi connectivity index (χ0) is 15.9. The van der Waals surface area contributed by atoms with E-state index in [2.05, 4.69) is 11.4 Å². The number of rotatable bonds is 6. The van der Waals surface area contributed by atoms with Gasteiger partial charge in [0.25, 0.3) is 0 Å². The molecule has 0 aliphatic carbocycles. The van der Waals surface area contributed by atoms with Gasteiger partial charge in [0, 0.05) is 12.0 Å². The SMILES string of the molecule is CCOC(=O)C(N)CCOc1c(Cl)ccc2c1CCNCC2. The Balaban J connectivity index is 1.99. The van der Waals surface area contributed by atoms with E-state index in [0.29, 0.717) is 24.7 Å². The Morgan fingerprint density at radius 3 is 2.95 bits per heavy atom. The number of fused-ring (bicyclic) bond motifs is 1. The van der Waals surface area contributed by atoms with Crippen molar-refractivity contribution in [3.8, 4) is 5.75 Å². The number of halogens is 1. The number of carbonyl (C=O) groups excluding carboxylic acids is 1. The highest BCUT2D eigenvalue weighted by Crippen LogP contribution is 2.33. The summed E-state index contributed by atoms with van der Waals surface area (Å²) >= 11 is 6.27. The Morgan fingerprint density at radius 2 is 2.18 bits per heavy atom. The van der Waals surface area contributed by atoms with Gasteiger partial charge in [-0.15, -0.1) is 0 Å². The second kappa shape index (κ2) is 8.36. The minimum atomic E-state index is -0.664. The average Bonchev–Trinajstić information content (AvgIpc) is 2.75. The molecule has 6 heteroatoms. The summed E-state index contributed by atoms with van der Waals surface area (Å²) in [5, 5.41) is 3.97. The number of esters is 1. The van der Waals surface area contributed by atoms with Crippen LogP contribution >= 0.6 is 11.6 Å². The molecule has 1 aliphatic heterocycles. The summed E-state index contributed by atoms with van der Waals surface area (Å²) in [5.74, 6) is 0.326. The van der Waals surface area contributed by atoms with Gasteiger partial charge in [0.15, 0.2) is 0 Å². The molecule has 0 fully saturated rings. The lowest BCUT2D eigenvalue weighted by molar-refractivity contribution is -0.145. The van der Waals surface area contributed by atoms with Gasteiger partial charge >= 0.3 is 5.97 Å². The van der Waals surface area contributed by atoms with Gasteiger partial charge in [-0.2, -0.15) is 0 Å². The van der Waals surface area contributed by atoms with Gasteiger partial charge in [0.05, 0.1) is 18.2 Å². The summed E-state index contributed by atoms with van der Waals surface area (Å²) in [7, 11) is 0. The molecule has 0 saturated carbocycles. The third-order valence-corrected chi connectivity index (χ3v) is 3.99. The van der Waals surface area contributed by atoms with Crippen LogP contribution in [0, 0.1) is 0 Å². The third kappa shape index (κ3) is 4.35. The van der Waals surface area contributed by atoms with Gasteiger partial charge in [-0.05, 0) is 44.5 Å². The van der Waals surface area contributed by atoms with Crippen LogP contribution in [0.4, 0.5) is 0 Å². The molecule has 1 unspecified atom stereocenters. The monoisotopic (exact) mass is 326 g/mol. The number of hydrogen-bond acceptors (Lipinski definition) is 5. The maximum Gasteiger partial charge on any atom is 0.323 e. The lowest BCUT2D eigenvalue weighted by atomic mass is 10.0. The summed E-state index contributed by atoms with van der Waals surface area (Å²) in [5.41, 5.74) is 8.19. The third-order valence-electron chi connectivity index (χ3n) is 3.70. The molecule has 0 spiro atoms. The standard InChI is InChI=1S/C16H23ClN2O3/c1-2-21-16(20)14(18)7-10-22-15-12-6-9-19-8-5-11(12)3-4-13(15)17/h3-4,14,19H,2,5-10,18H2,1H3. The molecular weight excluding hydrogens is 304 g/mol. The van der Waals surface area contributed by atoms with Crippen molar-refractivity contribution in [1.29, 1.82) is 0 Å². The molecule has 1 aliphatic rings. The highest BCUT2D eigenvalue weighted by Gasteiger charge is 2.18. The maximum atomic E-state index is 11.5. The van der Waals surface area contributed by atoms with E-state index >= 15 is 0 Å². The van der Waals surface area contributed by atoms with Crippen LogP contribution < -0.4 is 15.8 Å². The largest absolute Gasteiger partial charge is 0.492 e. The van der Waals surface area contributed by atoms with Crippen LogP contribution in [-0.2, 0) is 22.4 Å². The molecule has 0 bridgehead atoms. The number of benzene rings is 1. The minimum Gasteiger partial charge on any atom is -0.492 e. The van der Waals surface area contributed by atoms with E-state index in [1.165, 1.54) is 5.56 Å². The van der Waals surface area contributed by atoms with Gasteiger partial charge in [-0.1, -0.05) is 17.7 Å². The van der Waals surface area contributed by atoms with E-state index in [0.717, 1.165) is 37.2 Å². The van der Waals surface area contributed by atoms with Crippen LogP contribution in [0.2, 0.25) is 5.02 Å². The summed E-state index contributed by atoms with van der Waals surface area (Å²) in [6.45, 7) is 4.30. The summed E-state index contributed by atoms with van der Waals surface area (Å²) < 4.78 is 10.7. The Hall–Kier alpha value is -1.30. The van der Waals surface area contributed by atoms with Crippen LogP contribution in [0.1, 0.15) is 24.5 Å². The molecule has 1 atom stereocenters. The topological polar surface area (TPSA) is 73.6 Å². The van der Waals surface area contributed by atoms with Gasteiger partial charge in [0.2, 0.25) is 0 Å². The molecule has 2 rings (SSSR count). The second-order valence-electron chi connectivity index (χ2n) is 5.26. The van der Waals surface area contributed by atoms with Gasteiger partial charge in [0.1, 0.15) is 11.8 Å². The quantitative estimate of drug-likeness (QED) is 0.778. The van der Waals surface area contributed by atoms with E-state index in [1.807, 2.05) is 6.07 Å². The summed E-state index contributed by atoms with van der Waals surface area (Å²) in [6, 6.07) is 3.26. The Morgan fingerprint density at radius 1 is 1.41 bits per heavy atom. The molecule has 1 heterocycles. The molecule has 22 heavy (non-hydrogen) atoms. The van der Waals surface area contributed by atoms with Crippen molar-refractivity contribution < 1.29 is 14.3 Å². The van der Waals surface area contributed by atoms with Crippen molar-refractivity contribution >= 4 is 17.6 Å². The van der Waals surface area contributed by atoms with Crippen molar-refractivity contribution in [3.63, 3.8) is 0 Å². The highest BCUT2D eigenvalue weighted by molar-refractivity contribution is 6.32. The fourth-order valence-electron chi connectivity index (χ4n) is 2.52. The predicted molar refractivity (Wildman–Crippen MR) is 86.5 cm³/mol. The number of ether oxygens (including phenoxy) is 2. The van der Waals surface area contributed by atoms with E-state index in [1.54, 1.807) is 6.92 Å². The zero-order valence-electron chi connectivity index (χ0n) is 12.9. The fourth-order valence-corrected chi connectivity index (χ4v) is 2.75. The molecule has 0 saturated heterocycles. The van der Waals surface area contributed by atoms with Gasteiger partial charge in [-0.25, -0.2) is 0 Å². The Kier molecular flexibility index (Phi) is 6.49. The van der Waals surface area contributed by atoms with Gasteiger partial charge < -0.3 is 20.5 Å². The van der Waals surface area contributed by atoms with Crippen LogP contribution in [0.5, 0.6) is 5.75 Å². The van der Waals surface area contributed by atoms with E-state index < -0.39 is 12.0 Å². The first-order valence-corrected chi connectivity index (χ1v) is 8.07. The number of hydrogen-bond donors (Lipinski definition) is 2. The minimum absolute atomic E-state index is 0.332. The molecule has 0 aromatic heterocycles. The predicted octanol–water partition coefficient (Wildman–Crippen LogP) is 1.69. The fraction of sp³-hybridized carbons (Fsp3) is 0.562. The van der Waals surface area contributed by atoms with Gasteiger partial charge in [-0.3, -0.25) is 4.79 Å². The molecule has 0 radical (unpaired) electrons. The normalized spacial score (nSPS) is 15.6. The number of nitrogens with two attached hydrogens (primary N) is 1. The first-order chi connectivity index (χ1) is 10.6. The molecule has 5 nitrogen and oxygen atoms in total. The zero-order valence-corrected chi connectivity index (χ0v) is 13.6. The summed E-state index contributed by atoms with van der Waals surface area (Å²) in [4.78, 5) is 11.5. The van der Waals surface area contributed by atoms with Crippen molar-refractivity contribution in [2.75, 3.05) is 26.3 Å². The van der Waals surface area contributed by atoms with E-state index in [-0.39, 0.29) is 0 Å². The lowest BCUT2D eigenvalue weighted by Crippen LogP contribution is -2.33. The van der Waals surface area contributed by atoms with Crippen LogP contribution in [0.3, 0.4) is 0 Å². The van der Waals surface area contributed by atoms with E-state index in [4.69, 9.17) is 26.8 Å². The smallest absolute Gasteiger partial charge is 0.323 e. The average molecular weight is 327 g/mol. The van der Waals surface area contributed by atoms with Crippen molar-refractivity contribution in [2.45, 2.75) is 32.2 Å². The van der Waals surface area contributed by atoms with Crippen molar-refractivity contribution in [2.24, 2.45) is 5.73 Å². The molecule has 122 valence electrons. The lowest BCUT2D eigenvalue weighted by Gasteiger charge is -2.16. The molecular formula is C16H23ClN2O3. The Labute approximate surface area is 136 Å². The second-order valence-corrected chi connectivity index (χ2v) is 5.67. The number of nitrogens with one attached hydrogen (secondary N) is 1. The molecule has 1 aromatic carbocycles. The first kappa shape index (κ1) is 17.1. The highest BCUT2D eigenvalue weighted by atomic mass is 35.5.